The van der Waals surface area contributed by atoms with E-state index in [1.54, 1.807) is 0 Å². The molecule has 2 N–H and O–H groups in total. The van der Waals surface area contributed by atoms with Gasteiger partial charge in [-0.1, -0.05) is 24.3 Å². The number of para-hydroxylation sites is 1. The molecule has 2 heterocycles. The van der Waals surface area contributed by atoms with Crippen LogP contribution in [0.25, 0.3) is 22.2 Å². The molecular formula is C15H13N3O. The summed E-state index contributed by atoms with van der Waals surface area (Å²) in [5.74, 6) is 0.488. The second-order valence-electron chi connectivity index (χ2n) is 5.03. The Bertz CT molecular complexity index is 811. The largest absolute Gasteiger partial charge is 0.301 e. The third-order valence-corrected chi connectivity index (χ3v) is 3.65. The zero-order valence-electron chi connectivity index (χ0n) is 10.3. The molecule has 0 saturated heterocycles. The normalized spacial score (nSPS) is 14.9. The van der Waals surface area contributed by atoms with Crippen LogP contribution in [0.4, 0.5) is 0 Å². The molecule has 0 spiro atoms. The van der Waals surface area contributed by atoms with Crippen molar-refractivity contribution >= 4 is 10.9 Å². The molecule has 1 saturated carbocycles. The van der Waals surface area contributed by atoms with E-state index in [1.807, 2.05) is 36.4 Å². The molecule has 1 aliphatic rings. The van der Waals surface area contributed by atoms with Crippen molar-refractivity contribution in [2.75, 3.05) is 0 Å². The SMILES string of the molecule is O=c1[nH][nH]c(C2CC2)c1-c1ccc2ccccc2n1. The molecule has 19 heavy (non-hydrogen) atoms. The Morgan fingerprint density at radius 1 is 1.05 bits per heavy atom. The minimum absolute atomic E-state index is 0.0790. The minimum atomic E-state index is -0.0790. The summed E-state index contributed by atoms with van der Waals surface area (Å²) in [6.07, 6.45) is 2.29. The minimum Gasteiger partial charge on any atom is -0.301 e. The summed E-state index contributed by atoms with van der Waals surface area (Å²) in [6.45, 7) is 0. The highest BCUT2D eigenvalue weighted by Gasteiger charge is 2.30. The summed E-state index contributed by atoms with van der Waals surface area (Å²) < 4.78 is 0. The van der Waals surface area contributed by atoms with Gasteiger partial charge in [0.25, 0.3) is 5.56 Å². The van der Waals surface area contributed by atoms with E-state index in [0.717, 1.165) is 35.1 Å². The number of rotatable bonds is 2. The quantitative estimate of drug-likeness (QED) is 0.735. The van der Waals surface area contributed by atoms with Gasteiger partial charge in [0, 0.05) is 17.0 Å². The summed E-state index contributed by atoms with van der Waals surface area (Å²) in [6, 6.07) is 11.9. The van der Waals surface area contributed by atoms with Gasteiger partial charge in [-0.05, 0) is 25.0 Å². The van der Waals surface area contributed by atoms with Crippen LogP contribution in [0, 0.1) is 0 Å². The molecule has 1 aromatic carbocycles. The molecule has 0 bridgehead atoms. The van der Waals surface area contributed by atoms with Crippen molar-refractivity contribution in [2.24, 2.45) is 0 Å². The van der Waals surface area contributed by atoms with Crippen molar-refractivity contribution in [3.05, 3.63) is 52.4 Å². The van der Waals surface area contributed by atoms with Crippen molar-refractivity contribution in [1.82, 2.24) is 15.2 Å². The maximum absolute atomic E-state index is 12.0. The molecule has 4 rings (SSSR count). The van der Waals surface area contributed by atoms with Crippen molar-refractivity contribution < 1.29 is 0 Å². The molecule has 2 aromatic heterocycles. The van der Waals surface area contributed by atoms with E-state index in [-0.39, 0.29) is 5.56 Å². The molecule has 0 radical (unpaired) electrons. The number of nitrogens with zero attached hydrogens (tertiary/aromatic N) is 1. The maximum atomic E-state index is 12.0. The fourth-order valence-corrected chi connectivity index (χ4v) is 2.51. The highest BCUT2D eigenvalue weighted by molar-refractivity contribution is 5.81. The van der Waals surface area contributed by atoms with Crippen LogP contribution in [-0.2, 0) is 0 Å². The van der Waals surface area contributed by atoms with Crippen molar-refractivity contribution in [2.45, 2.75) is 18.8 Å². The van der Waals surface area contributed by atoms with Gasteiger partial charge < -0.3 is 5.10 Å². The average molecular weight is 251 g/mol. The van der Waals surface area contributed by atoms with E-state index in [4.69, 9.17) is 0 Å². The summed E-state index contributed by atoms with van der Waals surface area (Å²) in [5.41, 5.74) is 3.30. The van der Waals surface area contributed by atoms with E-state index in [1.165, 1.54) is 0 Å². The molecule has 0 unspecified atom stereocenters. The Balaban J connectivity index is 1.94. The molecule has 94 valence electrons. The maximum Gasteiger partial charge on any atom is 0.273 e. The standard InChI is InChI=1S/C15H13N3O/c19-15-13(14(17-18-15)10-5-6-10)12-8-7-9-3-1-2-4-11(9)16-12/h1-4,7-8,10H,5-6H2,(H2,17,18,19). The lowest BCUT2D eigenvalue weighted by molar-refractivity contribution is 0.956. The molecular weight excluding hydrogens is 238 g/mol. The first-order valence-electron chi connectivity index (χ1n) is 6.49. The van der Waals surface area contributed by atoms with Gasteiger partial charge in [-0.2, -0.15) is 0 Å². The Kier molecular flexibility index (Phi) is 2.12. The number of pyridine rings is 1. The van der Waals surface area contributed by atoms with E-state index in [9.17, 15) is 4.79 Å². The number of H-pyrrole nitrogens is 2. The molecule has 1 fully saturated rings. The summed E-state index contributed by atoms with van der Waals surface area (Å²) in [5, 5.41) is 6.78. The van der Waals surface area contributed by atoms with Gasteiger partial charge in [-0.3, -0.25) is 9.89 Å². The van der Waals surface area contributed by atoms with Gasteiger partial charge in [0.05, 0.1) is 16.8 Å². The second-order valence-corrected chi connectivity index (χ2v) is 5.03. The lowest BCUT2D eigenvalue weighted by Crippen LogP contribution is -2.03. The summed E-state index contributed by atoms with van der Waals surface area (Å²) in [7, 11) is 0. The number of aromatic amines is 2. The molecule has 4 nitrogen and oxygen atoms in total. The van der Waals surface area contributed by atoms with Crippen LogP contribution in [0.2, 0.25) is 0 Å². The third kappa shape index (κ3) is 1.68. The van der Waals surface area contributed by atoms with Crippen molar-refractivity contribution in [3.63, 3.8) is 0 Å². The summed E-state index contributed by atoms with van der Waals surface area (Å²) in [4.78, 5) is 16.6. The van der Waals surface area contributed by atoms with E-state index in [0.29, 0.717) is 11.5 Å². The van der Waals surface area contributed by atoms with Crippen LogP contribution in [0.15, 0.2) is 41.2 Å². The first kappa shape index (κ1) is 10.6. The molecule has 0 aliphatic heterocycles. The van der Waals surface area contributed by atoms with Crippen molar-refractivity contribution in [3.8, 4) is 11.3 Å². The highest BCUT2D eigenvalue weighted by atomic mass is 16.1. The molecule has 0 atom stereocenters. The lowest BCUT2D eigenvalue weighted by atomic mass is 10.1. The number of benzene rings is 1. The van der Waals surface area contributed by atoms with Crippen LogP contribution in [0.1, 0.15) is 24.5 Å². The van der Waals surface area contributed by atoms with Gasteiger partial charge >= 0.3 is 0 Å². The van der Waals surface area contributed by atoms with Crippen LogP contribution in [-0.4, -0.2) is 15.2 Å². The topological polar surface area (TPSA) is 61.5 Å². The molecule has 0 amide bonds. The first-order chi connectivity index (χ1) is 9.33. The zero-order valence-corrected chi connectivity index (χ0v) is 10.3. The Hall–Kier alpha value is -2.36. The van der Waals surface area contributed by atoms with Gasteiger partial charge in [-0.25, -0.2) is 4.98 Å². The van der Waals surface area contributed by atoms with E-state index >= 15 is 0 Å². The average Bonchev–Trinajstić information content (AvgIpc) is 3.21. The van der Waals surface area contributed by atoms with Crippen molar-refractivity contribution in [1.29, 1.82) is 0 Å². The Morgan fingerprint density at radius 2 is 1.89 bits per heavy atom. The smallest absolute Gasteiger partial charge is 0.273 e. The van der Waals surface area contributed by atoms with E-state index in [2.05, 4.69) is 15.2 Å². The second kappa shape index (κ2) is 3.82. The van der Waals surface area contributed by atoms with Gasteiger partial charge in [-0.15, -0.1) is 0 Å². The third-order valence-electron chi connectivity index (χ3n) is 3.65. The number of aromatic nitrogens is 3. The zero-order chi connectivity index (χ0) is 12.8. The fourth-order valence-electron chi connectivity index (χ4n) is 2.51. The fraction of sp³-hybridized carbons (Fsp3) is 0.200. The van der Waals surface area contributed by atoms with Crippen LogP contribution < -0.4 is 5.56 Å². The Morgan fingerprint density at radius 3 is 2.74 bits per heavy atom. The predicted octanol–water partition coefficient (Wildman–Crippen LogP) is 2.80. The van der Waals surface area contributed by atoms with Gasteiger partial charge in [0.1, 0.15) is 0 Å². The van der Waals surface area contributed by atoms with E-state index < -0.39 is 0 Å². The Labute approximate surface area is 109 Å². The van der Waals surface area contributed by atoms with Gasteiger partial charge in [0.15, 0.2) is 0 Å². The molecule has 4 heteroatoms. The molecule has 1 aliphatic carbocycles. The predicted molar refractivity (Wildman–Crippen MR) is 74.1 cm³/mol. The number of hydrogen-bond acceptors (Lipinski definition) is 2. The van der Waals surface area contributed by atoms with Crippen LogP contribution in [0.3, 0.4) is 0 Å². The number of hydrogen-bond donors (Lipinski definition) is 2. The summed E-state index contributed by atoms with van der Waals surface area (Å²) >= 11 is 0. The number of fused-ring (bicyclic) bond motifs is 1. The monoisotopic (exact) mass is 251 g/mol. The van der Waals surface area contributed by atoms with Crippen LogP contribution in [0.5, 0.6) is 0 Å². The van der Waals surface area contributed by atoms with Crippen LogP contribution >= 0.6 is 0 Å². The molecule has 3 aromatic rings. The van der Waals surface area contributed by atoms with Gasteiger partial charge in [0.2, 0.25) is 0 Å². The lowest BCUT2D eigenvalue weighted by Gasteiger charge is -2.02. The first-order valence-corrected chi connectivity index (χ1v) is 6.49. The number of nitrogens with one attached hydrogen (secondary N) is 2. The highest BCUT2D eigenvalue weighted by Crippen LogP contribution is 2.41.